The summed E-state index contributed by atoms with van der Waals surface area (Å²) < 4.78 is 6.23. The first-order chi connectivity index (χ1) is 11.1. The molecule has 0 saturated carbocycles. The summed E-state index contributed by atoms with van der Waals surface area (Å²) in [6.07, 6.45) is 1.56. The molecule has 0 unspecified atom stereocenters. The third-order valence-electron chi connectivity index (χ3n) is 3.18. The van der Waals surface area contributed by atoms with Crippen molar-refractivity contribution in [2.45, 2.75) is 6.92 Å². The molecule has 0 fully saturated rings. The van der Waals surface area contributed by atoms with Crippen LogP contribution in [0.25, 0.3) is 11.5 Å². The summed E-state index contributed by atoms with van der Waals surface area (Å²) in [6.45, 7) is 1.82. The monoisotopic (exact) mass is 372 g/mol. The largest absolute Gasteiger partial charge is 0.463 e. The van der Waals surface area contributed by atoms with E-state index in [1.165, 1.54) is 0 Å². The van der Waals surface area contributed by atoms with Crippen molar-refractivity contribution >= 4 is 27.5 Å². The summed E-state index contributed by atoms with van der Waals surface area (Å²) in [6, 6.07) is 12.8. The summed E-state index contributed by atoms with van der Waals surface area (Å²) in [5, 5.41) is 10.8. The number of hydrazone groups is 1. The van der Waals surface area contributed by atoms with Gasteiger partial charge < -0.3 is 4.42 Å². The summed E-state index contributed by atoms with van der Waals surface area (Å²) >= 11 is 3.38. The number of furan rings is 1. The van der Waals surface area contributed by atoms with E-state index in [1.54, 1.807) is 24.5 Å². The van der Waals surface area contributed by atoms with Crippen molar-refractivity contribution in [2.24, 2.45) is 5.10 Å². The molecule has 0 bridgehead atoms. The maximum Gasteiger partial charge on any atom is 0.291 e. The van der Waals surface area contributed by atoms with Crippen LogP contribution in [0.15, 0.2) is 62.7 Å². The first-order valence-electron chi connectivity index (χ1n) is 6.83. The molecule has 2 N–H and O–H groups in total. The van der Waals surface area contributed by atoms with E-state index in [2.05, 4.69) is 36.7 Å². The zero-order valence-corrected chi connectivity index (χ0v) is 13.8. The number of nitrogens with one attached hydrogen (secondary N) is 2. The van der Waals surface area contributed by atoms with E-state index in [-0.39, 0.29) is 5.69 Å². The molecule has 3 rings (SSSR count). The van der Waals surface area contributed by atoms with Crippen molar-refractivity contribution in [1.82, 2.24) is 15.6 Å². The molecule has 23 heavy (non-hydrogen) atoms. The van der Waals surface area contributed by atoms with Crippen LogP contribution in [0.4, 0.5) is 0 Å². The lowest BCUT2D eigenvalue weighted by Gasteiger charge is -2.01. The molecule has 7 heteroatoms. The number of nitrogens with zero attached hydrogens (tertiary/aromatic N) is 2. The Bertz CT molecular complexity index is 835. The van der Waals surface area contributed by atoms with Crippen LogP contribution in [0.2, 0.25) is 0 Å². The number of amides is 1. The Morgan fingerprint density at radius 3 is 2.78 bits per heavy atom. The van der Waals surface area contributed by atoms with Crippen LogP contribution in [0.3, 0.4) is 0 Å². The third-order valence-corrected chi connectivity index (χ3v) is 3.71. The first-order valence-corrected chi connectivity index (χ1v) is 7.62. The zero-order chi connectivity index (χ0) is 16.2. The Balaban J connectivity index is 1.69. The van der Waals surface area contributed by atoms with Crippen molar-refractivity contribution in [1.29, 1.82) is 0 Å². The number of hydrogen-bond donors (Lipinski definition) is 2. The minimum absolute atomic E-state index is 0.240. The molecular formula is C16H13BrN4O2. The van der Waals surface area contributed by atoms with Gasteiger partial charge in [-0.05, 0) is 36.8 Å². The number of benzene rings is 1. The van der Waals surface area contributed by atoms with Gasteiger partial charge in [-0.15, -0.1) is 0 Å². The SMILES string of the molecule is C/C(=N\NC(=O)c1cc(-c2ccco2)[nH]n1)c1ccc(Br)cc1. The molecule has 1 aromatic carbocycles. The summed E-state index contributed by atoms with van der Waals surface area (Å²) in [5.74, 6) is 0.224. The minimum Gasteiger partial charge on any atom is -0.463 e. The van der Waals surface area contributed by atoms with E-state index in [9.17, 15) is 4.79 Å². The molecule has 3 aromatic rings. The summed E-state index contributed by atoms with van der Waals surface area (Å²) in [7, 11) is 0. The highest BCUT2D eigenvalue weighted by atomic mass is 79.9. The highest BCUT2D eigenvalue weighted by Gasteiger charge is 2.12. The van der Waals surface area contributed by atoms with Gasteiger partial charge in [-0.3, -0.25) is 9.89 Å². The fourth-order valence-electron chi connectivity index (χ4n) is 1.94. The Labute approximate surface area is 140 Å². The Morgan fingerprint density at radius 2 is 2.09 bits per heavy atom. The first kappa shape index (κ1) is 15.2. The van der Waals surface area contributed by atoms with Crippen molar-refractivity contribution in [3.05, 3.63) is 64.5 Å². The van der Waals surface area contributed by atoms with Gasteiger partial charge in [0.15, 0.2) is 11.5 Å². The lowest BCUT2D eigenvalue weighted by Crippen LogP contribution is -2.19. The standard InChI is InChI=1S/C16H13BrN4O2/c1-10(11-4-6-12(17)7-5-11)18-21-16(22)14-9-13(19-20-14)15-3-2-8-23-15/h2-9H,1H3,(H,19,20)(H,21,22)/b18-10+. The second kappa shape index (κ2) is 6.62. The zero-order valence-electron chi connectivity index (χ0n) is 12.2. The number of aromatic amines is 1. The maximum absolute atomic E-state index is 12.1. The smallest absolute Gasteiger partial charge is 0.291 e. The molecular weight excluding hydrogens is 360 g/mol. The van der Waals surface area contributed by atoms with Gasteiger partial charge in [0.2, 0.25) is 0 Å². The van der Waals surface area contributed by atoms with Crippen LogP contribution in [0.5, 0.6) is 0 Å². The quantitative estimate of drug-likeness (QED) is 0.542. The van der Waals surface area contributed by atoms with Crippen molar-refractivity contribution in [3.8, 4) is 11.5 Å². The van der Waals surface area contributed by atoms with Crippen molar-refractivity contribution in [2.75, 3.05) is 0 Å². The predicted molar refractivity (Wildman–Crippen MR) is 90.1 cm³/mol. The summed E-state index contributed by atoms with van der Waals surface area (Å²) in [4.78, 5) is 12.1. The maximum atomic E-state index is 12.1. The molecule has 0 aliphatic carbocycles. The fourth-order valence-corrected chi connectivity index (χ4v) is 2.21. The molecule has 0 aliphatic rings. The number of H-pyrrole nitrogens is 1. The molecule has 0 aliphatic heterocycles. The van der Waals surface area contributed by atoms with E-state index < -0.39 is 5.91 Å². The number of aromatic nitrogens is 2. The van der Waals surface area contributed by atoms with Crippen molar-refractivity contribution < 1.29 is 9.21 Å². The van der Waals surface area contributed by atoms with Gasteiger partial charge >= 0.3 is 0 Å². The lowest BCUT2D eigenvalue weighted by atomic mass is 10.1. The third kappa shape index (κ3) is 3.57. The molecule has 6 nitrogen and oxygen atoms in total. The van der Waals surface area contributed by atoms with E-state index in [0.29, 0.717) is 17.2 Å². The fraction of sp³-hybridized carbons (Fsp3) is 0.0625. The van der Waals surface area contributed by atoms with Gasteiger partial charge in [-0.1, -0.05) is 28.1 Å². The van der Waals surface area contributed by atoms with Crippen molar-refractivity contribution in [3.63, 3.8) is 0 Å². The van der Waals surface area contributed by atoms with E-state index in [1.807, 2.05) is 31.2 Å². The highest BCUT2D eigenvalue weighted by molar-refractivity contribution is 9.10. The van der Waals surface area contributed by atoms with Gasteiger partial charge in [0, 0.05) is 10.5 Å². The number of hydrogen-bond acceptors (Lipinski definition) is 4. The molecule has 0 saturated heterocycles. The molecule has 1 amide bonds. The molecule has 0 radical (unpaired) electrons. The molecule has 0 spiro atoms. The van der Waals surface area contributed by atoms with Crippen LogP contribution in [0, 0.1) is 0 Å². The lowest BCUT2D eigenvalue weighted by molar-refractivity contribution is 0.0950. The highest BCUT2D eigenvalue weighted by Crippen LogP contribution is 2.17. The average molecular weight is 373 g/mol. The van der Waals surface area contributed by atoms with Gasteiger partial charge in [0.25, 0.3) is 5.91 Å². The minimum atomic E-state index is -0.393. The van der Waals surface area contributed by atoms with Crippen LogP contribution in [0.1, 0.15) is 23.0 Å². The van der Waals surface area contributed by atoms with Crippen LogP contribution in [-0.2, 0) is 0 Å². The topological polar surface area (TPSA) is 83.3 Å². The molecule has 2 aromatic heterocycles. The molecule has 2 heterocycles. The van der Waals surface area contributed by atoms with Crippen LogP contribution >= 0.6 is 15.9 Å². The van der Waals surface area contributed by atoms with Crippen LogP contribution < -0.4 is 5.43 Å². The number of halogens is 1. The molecule has 0 atom stereocenters. The van der Waals surface area contributed by atoms with Gasteiger partial charge in [0.1, 0.15) is 5.69 Å². The van der Waals surface area contributed by atoms with E-state index in [0.717, 1.165) is 10.0 Å². The Kier molecular flexibility index (Phi) is 4.38. The second-order valence-electron chi connectivity index (χ2n) is 4.79. The number of rotatable bonds is 4. The van der Waals surface area contributed by atoms with E-state index in [4.69, 9.17) is 4.42 Å². The van der Waals surface area contributed by atoms with Crippen LogP contribution in [-0.4, -0.2) is 21.8 Å². The number of carbonyl (C=O) groups excluding carboxylic acids is 1. The normalized spacial score (nSPS) is 11.5. The Hall–Kier alpha value is -2.67. The van der Waals surface area contributed by atoms with Gasteiger partial charge in [0.05, 0.1) is 12.0 Å². The molecule has 116 valence electrons. The second-order valence-corrected chi connectivity index (χ2v) is 5.70. The Morgan fingerprint density at radius 1 is 1.30 bits per heavy atom. The average Bonchev–Trinajstić information content (AvgIpc) is 3.23. The van der Waals surface area contributed by atoms with E-state index >= 15 is 0 Å². The van der Waals surface area contributed by atoms with Gasteiger partial charge in [-0.25, -0.2) is 5.43 Å². The number of carbonyl (C=O) groups is 1. The predicted octanol–water partition coefficient (Wildman–Crippen LogP) is 3.59. The van der Waals surface area contributed by atoms with Gasteiger partial charge in [-0.2, -0.15) is 10.2 Å². The summed E-state index contributed by atoms with van der Waals surface area (Å²) in [5.41, 5.74) is 4.99.